The molecule has 1 aromatic carbocycles. The molecule has 180 valence electrons. The number of anilines is 1. The van der Waals surface area contributed by atoms with Gasteiger partial charge in [-0.2, -0.15) is 0 Å². The summed E-state index contributed by atoms with van der Waals surface area (Å²) in [6.07, 6.45) is 5.79. The molecule has 6 rings (SSSR count). The number of aryl methyl sites for hydroxylation is 1. The number of furan rings is 1. The number of rotatable bonds is 4. The first-order chi connectivity index (χ1) is 17.5. The Bertz CT molecular complexity index is 1610. The molecule has 0 spiro atoms. The van der Waals surface area contributed by atoms with Gasteiger partial charge in [0.15, 0.2) is 0 Å². The highest BCUT2D eigenvalue weighted by atomic mass is 32.2. The van der Waals surface area contributed by atoms with Crippen molar-refractivity contribution in [3.63, 3.8) is 0 Å². The fourth-order valence-corrected chi connectivity index (χ4v) is 5.91. The van der Waals surface area contributed by atoms with Crippen LogP contribution in [0.4, 0.5) is 5.82 Å². The summed E-state index contributed by atoms with van der Waals surface area (Å²) in [6.45, 7) is 3.56. The number of aromatic nitrogens is 2. The summed E-state index contributed by atoms with van der Waals surface area (Å²) < 4.78 is 7.38. The quantitative estimate of drug-likeness (QED) is 0.292. The van der Waals surface area contributed by atoms with Crippen molar-refractivity contribution in [2.75, 3.05) is 11.4 Å². The van der Waals surface area contributed by atoms with Crippen LogP contribution in [-0.4, -0.2) is 31.1 Å². The van der Waals surface area contributed by atoms with E-state index in [-0.39, 0.29) is 18.0 Å². The summed E-state index contributed by atoms with van der Waals surface area (Å²) in [5.74, 6) is 0.980. The van der Waals surface area contributed by atoms with Crippen molar-refractivity contribution in [3.8, 4) is 0 Å². The average molecular weight is 515 g/mol. The minimum atomic E-state index is -0.245. The molecule has 36 heavy (non-hydrogen) atoms. The number of hydrogen-bond donors (Lipinski definition) is 0. The molecule has 4 aromatic rings. The molecule has 2 aliphatic heterocycles. The fourth-order valence-electron chi connectivity index (χ4n) is 4.67. The van der Waals surface area contributed by atoms with Gasteiger partial charge in [0, 0.05) is 19.3 Å². The molecule has 1 fully saturated rings. The van der Waals surface area contributed by atoms with Crippen LogP contribution in [0.25, 0.3) is 11.7 Å². The maximum absolute atomic E-state index is 13.8. The van der Waals surface area contributed by atoms with Gasteiger partial charge in [-0.25, -0.2) is 4.98 Å². The minimum Gasteiger partial charge on any atom is -0.467 e. The smallest absolute Gasteiger partial charge is 0.267 e. The van der Waals surface area contributed by atoms with Crippen LogP contribution in [0, 0.1) is 6.92 Å². The Morgan fingerprint density at radius 3 is 2.75 bits per heavy atom. The van der Waals surface area contributed by atoms with Crippen LogP contribution >= 0.6 is 24.0 Å². The van der Waals surface area contributed by atoms with Crippen LogP contribution < -0.4 is 10.5 Å². The number of nitrogens with zero attached hydrogens (tertiary/aromatic N) is 4. The molecular weight excluding hydrogens is 492 g/mol. The Labute approximate surface area is 217 Å². The monoisotopic (exact) mass is 514 g/mol. The van der Waals surface area contributed by atoms with Crippen LogP contribution in [0.2, 0.25) is 0 Å². The van der Waals surface area contributed by atoms with Crippen LogP contribution in [0.5, 0.6) is 0 Å². The predicted molar refractivity (Wildman–Crippen MR) is 145 cm³/mol. The lowest BCUT2D eigenvalue weighted by Crippen LogP contribution is -2.34. The van der Waals surface area contributed by atoms with Crippen molar-refractivity contribution in [2.45, 2.75) is 26.4 Å². The molecule has 0 radical (unpaired) electrons. The molecular formula is C27H22N4O3S2. The highest BCUT2D eigenvalue weighted by Gasteiger charge is 2.34. The Kier molecular flexibility index (Phi) is 5.73. The van der Waals surface area contributed by atoms with E-state index in [0.717, 1.165) is 18.5 Å². The summed E-state index contributed by atoms with van der Waals surface area (Å²) in [4.78, 5) is 36.1. The average Bonchev–Trinajstić information content (AvgIpc) is 3.50. The van der Waals surface area contributed by atoms with Crippen molar-refractivity contribution in [1.29, 1.82) is 0 Å². The second-order valence-electron chi connectivity index (χ2n) is 8.83. The fraction of sp³-hybridized carbons (Fsp3) is 0.185. The van der Waals surface area contributed by atoms with E-state index >= 15 is 0 Å². The van der Waals surface area contributed by atoms with Crippen molar-refractivity contribution < 1.29 is 9.21 Å². The first-order valence-corrected chi connectivity index (χ1v) is 12.8. The highest BCUT2D eigenvalue weighted by Crippen LogP contribution is 2.35. The van der Waals surface area contributed by atoms with Crippen LogP contribution in [0.1, 0.15) is 28.0 Å². The largest absolute Gasteiger partial charge is 0.467 e. The second-order valence-corrected chi connectivity index (χ2v) is 10.5. The summed E-state index contributed by atoms with van der Waals surface area (Å²) in [5.41, 5.74) is 4.21. The highest BCUT2D eigenvalue weighted by molar-refractivity contribution is 8.26. The number of hydrogen-bond acceptors (Lipinski definition) is 7. The van der Waals surface area contributed by atoms with E-state index < -0.39 is 0 Å². The maximum atomic E-state index is 13.8. The maximum Gasteiger partial charge on any atom is 0.267 e. The predicted octanol–water partition coefficient (Wildman–Crippen LogP) is 4.56. The summed E-state index contributed by atoms with van der Waals surface area (Å²) in [7, 11) is 0. The van der Waals surface area contributed by atoms with Crippen molar-refractivity contribution >= 4 is 51.7 Å². The molecule has 0 unspecified atom stereocenters. The Hall–Kier alpha value is -3.69. The zero-order valence-electron chi connectivity index (χ0n) is 19.5. The number of carbonyl (C=O) groups is 1. The number of pyridine rings is 1. The molecule has 2 aliphatic rings. The Morgan fingerprint density at radius 1 is 1.11 bits per heavy atom. The standard InChI is InChI=1S/C27H22N4O3S2/c1-17-6-4-11-30-23(17)28-24(29-12-10-18-7-2-3-8-19(18)15-29)21(25(30)32)14-22-26(33)31(27(35)36-22)16-20-9-5-13-34-20/h2-9,11,13-14H,10,12,15-16H2,1H3. The van der Waals surface area contributed by atoms with E-state index in [1.807, 2.05) is 25.1 Å². The van der Waals surface area contributed by atoms with Gasteiger partial charge in [0.2, 0.25) is 0 Å². The number of carbonyl (C=O) groups excluding carboxylic acids is 1. The van der Waals surface area contributed by atoms with E-state index in [1.165, 1.54) is 27.8 Å². The zero-order valence-corrected chi connectivity index (χ0v) is 21.1. The molecule has 0 N–H and O–H groups in total. The number of benzene rings is 1. The van der Waals surface area contributed by atoms with E-state index in [9.17, 15) is 9.59 Å². The van der Waals surface area contributed by atoms with E-state index in [4.69, 9.17) is 21.6 Å². The lowest BCUT2D eigenvalue weighted by molar-refractivity contribution is -0.122. The van der Waals surface area contributed by atoms with Crippen LogP contribution in [0.3, 0.4) is 0 Å². The van der Waals surface area contributed by atoms with Crippen LogP contribution in [-0.2, 0) is 24.3 Å². The van der Waals surface area contributed by atoms with Crippen molar-refractivity contribution in [3.05, 3.63) is 104 Å². The van der Waals surface area contributed by atoms with Gasteiger partial charge in [-0.3, -0.25) is 18.9 Å². The topological polar surface area (TPSA) is 71.1 Å². The third-order valence-corrected chi connectivity index (χ3v) is 7.92. The lowest BCUT2D eigenvalue weighted by Gasteiger charge is -2.31. The third kappa shape index (κ3) is 3.94. The van der Waals surface area contributed by atoms with E-state index in [1.54, 1.807) is 35.1 Å². The molecule has 0 aliphatic carbocycles. The van der Waals surface area contributed by atoms with Gasteiger partial charge in [-0.1, -0.05) is 54.3 Å². The van der Waals surface area contributed by atoms with Gasteiger partial charge < -0.3 is 9.32 Å². The Balaban J connectivity index is 1.46. The SMILES string of the molecule is Cc1cccn2c(=O)c(C=C3SC(=S)N(Cc4ccco4)C3=O)c(N3CCc4ccccc4C3)nc12. The third-order valence-electron chi connectivity index (χ3n) is 6.54. The van der Waals surface area contributed by atoms with E-state index in [2.05, 4.69) is 23.1 Å². The molecule has 5 heterocycles. The summed E-state index contributed by atoms with van der Waals surface area (Å²) in [6, 6.07) is 15.7. The number of amides is 1. The first kappa shape index (κ1) is 22.8. The van der Waals surface area contributed by atoms with Gasteiger partial charge in [-0.05, 0) is 54.3 Å². The zero-order chi connectivity index (χ0) is 24.8. The summed E-state index contributed by atoms with van der Waals surface area (Å²) in [5, 5.41) is 0. The molecule has 1 saturated heterocycles. The molecule has 3 aromatic heterocycles. The first-order valence-electron chi connectivity index (χ1n) is 11.6. The lowest BCUT2D eigenvalue weighted by atomic mass is 9.99. The van der Waals surface area contributed by atoms with Crippen molar-refractivity contribution in [1.82, 2.24) is 14.3 Å². The molecule has 7 nitrogen and oxygen atoms in total. The van der Waals surface area contributed by atoms with Gasteiger partial charge in [0.1, 0.15) is 21.5 Å². The van der Waals surface area contributed by atoms with Gasteiger partial charge in [0.05, 0.1) is 23.3 Å². The van der Waals surface area contributed by atoms with Gasteiger partial charge >= 0.3 is 0 Å². The molecule has 0 saturated carbocycles. The van der Waals surface area contributed by atoms with Crippen molar-refractivity contribution in [2.24, 2.45) is 0 Å². The van der Waals surface area contributed by atoms with Gasteiger partial charge in [0.25, 0.3) is 11.5 Å². The second kappa shape index (κ2) is 9.07. The number of thiocarbonyl (C=S) groups is 1. The van der Waals surface area contributed by atoms with E-state index in [0.29, 0.717) is 38.6 Å². The van der Waals surface area contributed by atoms with Crippen LogP contribution in [0.15, 0.2) is 75.1 Å². The molecule has 1 amide bonds. The molecule has 0 bridgehead atoms. The van der Waals surface area contributed by atoms with Gasteiger partial charge in [-0.15, -0.1) is 0 Å². The minimum absolute atomic E-state index is 0.214. The Morgan fingerprint density at radius 2 is 1.94 bits per heavy atom. The number of thioether (sulfide) groups is 1. The molecule has 9 heteroatoms. The number of fused-ring (bicyclic) bond motifs is 2. The normalized spacial score (nSPS) is 16.9. The summed E-state index contributed by atoms with van der Waals surface area (Å²) >= 11 is 6.68. The molecule has 0 atom stereocenters.